The quantitative estimate of drug-likeness (QED) is 0.642. The van der Waals surface area contributed by atoms with E-state index in [1.165, 1.54) is 12.8 Å². The Morgan fingerprint density at radius 1 is 1.56 bits per heavy atom. The second kappa shape index (κ2) is 6.86. The molecule has 94 valence electrons. The van der Waals surface area contributed by atoms with E-state index >= 15 is 0 Å². The summed E-state index contributed by atoms with van der Waals surface area (Å²) in [5, 5.41) is 3.03. The highest BCUT2D eigenvalue weighted by Crippen LogP contribution is 2.25. The average Bonchev–Trinajstić information content (AvgIpc) is 3.00. The van der Waals surface area contributed by atoms with Gasteiger partial charge in [0, 0.05) is 25.2 Å². The van der Waals surface area contributed by atoms with Crippen molar-refractivity contribution in [2.45, 2.75) is 51.6 Å². The first-order chi connectivity index (χ1) is 7.67. The molecular formula is C12H25N3O. The van der Waals surface area contributed by atoms with Gasteiger partial charge in [-0.25, -0.2) is 0 Å². The van der Waals surface area contributed by atoms with Crippen LogP contribution in [0, 0.1) is 0 Å². The number of hydrogen-bond donors (Lipinski definition) is 2. The van der Waals surface area contributed by atoms with Gasteiger partial charge in [0.2, 0.25) is 5.91 Å². The summed E-state index contributed by atoms with van der Waals surface area (Å²) in [6, 6.07) is 0.896. The normalized spacial score (nSPS) is 17.5. The molecule has 0 heterocycles. The lowest BCUT2D eigenvalue weighted by Gasteiger charge is -2.21. The molecule has 0 radical (unpaired) electrons. The lowest BCUT2D eigenvalue weighted by Crippen LogP contribution is -2.43. The number of rotatable bonds is 8. The summed E-state index contributed by atoms with van der Waals surface area (Å²) in [6.07, 6.45) is 4.60. The molecule has 1 saturated carbocycles. The first-order valence-corrected chi connectivity index (χ1v) is 6.40. The Labute approximate surface area is 98.6 Å². The van der Waals surface area contributed by atoms with E-state index in [0.717, 1.165) is 19.4 Å². The van der Waals surface area contributed by atoms with Crippen LogP contribution in [0.4, 0.5) is 0 Å². The van der Waals surface area contributed by atoms with Crippen molar-refractivity contribution in [3.63, 3.8) is 0 Å². The number of nitrogens with zero attached hydrogens (tertiary/aromatic N) is 1. The number of carbonyl (C=O) groups is 1. The van der Waals surface area contributed by atoms with Gasteiger partial charge in [-0.15, -0.1) is 0 Å². The van der Waals surface area contributed by atoms with Crippen molar-refractivity contribution >= 4 is 5.91 Å². The van der Waals surface area contributed by atoms with Gasteiger partial charge in [-0.1, -0.05) is 13.3 Å². The van der Waals surface area contributed by atoms with Crippen LogP contribution in [0.1, 0.15) is 39.5 Å². The van der Waals surface area contributed by atoms with Gasteiger partial charge in [-0.3, -0.25) is 9.69 Å². The van der Waals surface area contributed by atoms with E-state index in [0.29, 0.717) is 19.1 Å². The maximum Gasteiger partial charge on any atom is 0.234 e. The zero-order chi connectivity index (χ0) is 12.0. The van der Waals surface area contributed by atoms with Gasteiger partial charge in [-0.2, -0.15) is 0 Å². The van der Waals surface area contributed by atoms with Crippen molar-refractivity contribution in [1.82, 2.24) is 10.2 Å². The molecule has 1 fully saturated rings. The van der Waals surface area contributed by atoms with Crippen molar-refractivity contribution < 1.29 is 4.79 Å². The maximum absolute atomic E-state index is 11.8. The molecule has 0 aromatic heterocycles. The van der Waals surface area contributed by atoms with Gasteiger partial charge >= 0.3 is 0 Å². The lowest BCUT2D eigenvalue weighted by molar-refractivity contribution is -0.123. The Morgan fingerprint density at radius 2 is 2.25 bits per heavy atom. The van der Waals surface area contributed by atoms with E-state index in [4.69, 9.17) is 5.73 Å². The third-order valence-electron chi connectivity index (χ3n) is 2.96. The zero-order valence-corrected chi connectivity index (χ0v) is 10.5. The SMILES string of the molecule is CCCC(C)NC(=O)CN(CCN)C1CC1. The van der Waals surface area contributed by atoms with Gasteiger partial charge in [0.25, 0.3) is 0 Å². The van der Waals surface area contributed by atoms with Gasteiger partial charge in [0.15, 0.2) is 0 Å². The molecule has 3 N–H and O–H groups in total. The smallest absolute Gasteiger partial charge is 0.234 e. The number of nitrogens with one attached hydrogen (secondary N) is 1. The molecule has 0 aliphatic heterocycles. The second-order valence-corrected chi connectivity index (χ2v) is 4.75. The van der Waals surface area contributed by atoms with Gasteiger partial charge in [0.1, 0.15) is 0 Å². The number of carbonyl (C=O) groups excluding carboxylic acids is 1. The fourth-order valence-corrected chi connectivity index (χ4v) is 2.01. The Kier molecular flexibility index (Phi) is 5.77. The summed E-state index contributed by atoms with van der Waals surface area (Å²) in [5.41, 5.74) is 5.55. The van der Waals surface area contributed by atoms with Gasteiger partial charge in [-0.05, 0) is 26.2 Å². The average molecular weight is 227 g/mol. The summed E-state index contributed by atoms with van der Waals surface area (Å²) in [4.78, 5) is 14.0. The van der Waals surface area contributed by atoms with Gasteiger partial charge in [0.05, 0.1) is 6.54 Å². The molecule has 1 unspecified atom stereocenters. The van der Waals surface area contributed by atoms with Crippen LogP contribution >= 0.6 is 0 Å². The van der Waals surface area contributed by atoms with Crippen LogP contribution in [-0.2, 0) is 4.79 Å². The Bertz CT molecular complexity index is 216. The summed E-state index contributed by atoms with van der Waals surface area (Å²) < 4.78 is 0. The van der Waals surface area contributed by atoms with E-state index in [1.54, 1.807) is 0 Å². The third-order valence-corrected chi connectivity index (χ3v) is 2.96. The van der Waals surface area contributed by atoms with Crippen molar-refractivity contribution in [2.24, 2.45) is 5.73 Å². The number of nitrogens with two attached hydrogens (primary N) is 1. The monoisotopic (exact) mass is 227 g/mol. The minimum absolute atomic E-state index is 0.140. The molecular weight excluding hydrogens is 202 g/mol. The fraction of sp³-hybridized carbons (Fsp3) is 0.917. The Hall–Kier alpha value is -0.610. The molecule has 0 aromatic carbocycles. The predicted molar refractivity (Wildman–Crippen MR) is 66.2 cm³/mol. The van der Waals surface area contributed by atoms with Crippen LogP contribution in [-0.4, -0.2) is 42.5 Å². The minimum atomic E-state index is 0.140. The molecule has 0 saturated heterocycles. The third kappa shape index (κ3) is 4.94. The highest BCUT2D eigenvalue weighted by molar-refractivity contribution is 5.78. The molecule has 1 rings (SSSR count). The van der Waals surface area contributed by atoms with E-state index < -0.39 is 0 Å². The van der Waals surface area contributed by atoms with E-state index in [2.05, 4.69) is 24.1 Å². The first-order valence-electron chi connectivity index (χ1n) is 6.40. The molecule has 0 aromatic rings. The van der Waals surface area contributed by atoms with Crippen LogP contribution in [0.25, 0.3) is 0 Å². The molecule has 0 spiro atoms. The molecule has 1 aliphatic carbocycles. The van der Waals surface area contributed by atoms with Crippen LogP contribution in [0.3, 0.4) is 0 Å². The number of amides is 1. The lowest BCUT2D eigenvalue weighted by atomic mass is 10.2. The standard InChI is InChI=1S/C12H25N3O/c1-3-4-10(2)14-12(16)9-15(8-7-13)11-5-6-11/h10-11H,3-9,13H2,1-2H3,(H,14,16). The van der Waals surface area contributed by atoms with Crippen molar-refractivity contribution in [3.8, 4) is 0 Å². The van der Waals surface area contributed by atoms with Crippen LogP contribution < -0.4 is 11.1 Å². The summed E-state index contributed by atoms with van der Waals surface area (Å²) >= 11 is 0. The molecule has 4 heteroatoms. The highest BCUT2D eigenvalue weighted by Gasteiger charge is 2.29. The molecule has 1 atom stereocenters. The zero-order valence-electron chi connectivity index (χ0n) is 10.5. The van der Waals surface area contributed by atoms with E-state index in [-0.39, 0.29) is 11.9 Å². The predicted octanol–water partition coefficient (Wildman–Crippen LogP) is 0.714. The summed E-state index contributed by atoms with van der Waals surface area (Å²) in [7, 11) is 0. The topological polar surface area (TPSA) is 58.4 Å². The van der Waals surface area contributed by atoms with E-state index in [9.17, 15) is 4.79 Å². The van der Waals surface area contributed by atoms with Crippen LogP contribution in [0.2, 0.25) is 0 Å². The molecule has 0 bridgehead atoms. The van der Waals surface area contributed by atoms with E-state index in [1.807, 2.05) is 0 Å². The van der Waals surface area contributed by atoms with Gasteiger partial charge < -0.3 is 11.1 Å². The fourth-order valence-electron chi connectivity index (χ4n) is 2.01. The van der Waals surface area contributed by atoms with Crippen LogP contribution in [0.5, 0.6) is 0 Å². The maximum atomic E-state index is 11.8. The van der Waals surface area contributed by atoms with Crippen molar-refractivity contribution in [3.05, 3.63) is 0 Å². The Morgan fingerprint density at radius 3 is 2.75 bits per heavy atom. The summed E-state index contributed by atoms with van der Waals surface area (Å²) in [6.45, 7) is 6.17. The van der Waals surface area contributed by atoms with Crippen molar-refractivity contribution in [2.75, 3.05) is 19.6 Å². The molecule has 1 aliphatic rings. The second-order valence-electron chi connectivity index (χ2n) is 4.75. The highest BCUT2D eigenvalue weighted by atomic mass is 16.2. The Balaban J connectivity index is 2.24. The minimum Gasteiger partial charge on any atom is -0.353 e. The largest absolute Gasteiger partial charge is 0.353 e. The molecule has 16 heavy (non-hydrogen) atoms. The number of hydrogen-bond acceptors (Lipinski definition) is 3. The van der Waals surface area contributed by atoms with Crippen molar-refractivity contribution in [1.29, 1.82) is 0 Å². The van der Waals surface area contributed by atoms with Crippen LogP contribution in [0.15, 0.2) is 0 Å². The molecule has 1 amide bonds. The first kappa shape index (κ1) is 13.5. The summed E-state index contributed by atoms with van der Waals surface area (Å²) in [5.74, 6) is 0.140. The molecule has 4 nitrogen and oxygen atoms in total.